The van der Waals surface area contributed by atoms with E-state index < -0.39 is 6.09 Å². The molecule has 0 radical (unpaired) electrons. The van der Waals surface area contributed by atoms with Gasteiger partial charge in [0.15, 0.2) is 0 Å². The third kappa shape index (κ3) is 4.57. The lowest BCUT2D eigenvalue weighted by atomic mass is 10.0. The molecule has 3 rings (SSSR count). The highest BCUT2D eigenvalue weighted by Crippen LogP contribution is 2.29. The van der Waals surface area contributed by atoms with Gasteiger partial charge in [-0.15, -0.1) is 0 Å². The number of rotatable bonds is 5. The van der Waals surface area contributed by atoms with Gasteiger partial charge in [0.2, 0.25) is 0 Å². The van der Waals surface area contributed by atoms with Crippen LogP contribution < -0.4 is 5.32 Å². The number of nitrogens with one attached hydrogen (secondary N) is 1. The molecule has 4 nitrogen and oxygen atoms in total. The van der Waals surface area contributed by atoms with Crippen molar-refractivity contribution in [1.29, 1.82) is 0 Å². The highest BCUT2D eigenvalue weighted by molar-refractivity contribution is 5.91. The van der Waals surface area contributed by atoms with Crippen molar-refractivity contribution in [3.05, 3.63) is 54.3 Å². The lowest BCUT2D eigenvalue weighted by Crippen LogP contribution is -2.27. The molecule has 0 spiro atoms. The van der Waals surface area contributed by atoms with Gasteiger partial charge >= 0.3 is 6.09 Å². The summed E-state index contributed by atoms with van der Waals surface area (Å²) in [6, 6.07) is 14.2. The van der Waals surface area contributed by atoms with Crippen LogP contribution in [0, 0.1) is 5.82 Å². The van der Waals surface area contributed by atoms with E-state index in [1.807, 2.05) is 30.3 Å². The van der Waals surface area contributed by atoms with Crippen LogP contribution in [0.3, 0.4) is 0 Å². The highest BCUT2D eigenvalue weighted by Gasteiger charge is 2.20. The molecule has 0 aromatic heterocycles. The van der Waals surface area contributed by atoms with Crippen LogP contribution in [-0.2, 0) is 4.74 Å². The molecule has 0 bridgehead atoms. The maximum absolute atomic E-state index is 13.6. The van der Waals surface area contributed by atoms with Crippen LogP contribution in [-0.4, -0.2) is 37.2 Å². The zero-order valence-corrected chi connectivity index (χ0v) is 14.4. The normalized spacial score (nSPS) is 17.4. The number of anilines is 1. The van der Waals surface area contributed by atoms with Gasteiger partial charge in [-0.2, -0.15) is 0 Å². The Bertz CT molecular complexity index is 721. The zero-order chi connectivity index (χ0) is 17.6. The average molecular weight is 342 g/mol. The number of ether oxygens (including phenoxy) is 1. The van der Waals surface area contributed by atoms with E-state index in [4.69, 9.17) is 4.74 Å². The second-order valence-corrected chi connectivity index (χ2v) is 6.38. The largest absolute Gasteiger partial charge is 0.449 e. The molecule has 2 aromatic rings. The van der Waals surface area contributed by atoms with Crippen LogP contribution in [0.5, 0.6) is 0 Å². The number of hydrogen-bond acceptors (Lipinski definition) is 3. The monoisotopic (exact) mass is 342 g/mol. The van der Waals surface area contributed by atoms with Crippen LogP contribution in [0.25, 0.3) is 11.1 Å². The summed E-state index contributed by atoms with van der Waals surface area (Å²) in [7, 11) is 2.10. The van der Waals surface area contributed by atoms with Crippen molar-refractivity contribution < 1.29 is 13.9 Å². The summed E-state index contributed by atoms with van der Waals surface area (Å²) in [5, 5.41) is 2.73. The van der Waals surface area contributed by atoms with Gasteiger partial charge in [-0.05, 0) is 56.6 Å². The summed E-state index contributed by atoms with van der Waals surface area (Å²) in [4.78, 5) is 14.4. The maximum atomic E-state index is 13.6. The predicted octanol–water partition coefficient (Wildman–Crippen LogP) is 4.53. The van der Waals surface area contributed by atoms with Crippen molar-refractivity contribution in [2.75, 3.05) is 25.5 Å². The van der Waals surface area contributed by atoms with Gasteiger partial charge in [-0.25, -0.2) is 9.18 Å². The van der Waals surface area contributed by atoms with E-state index >= 15 is 0 Å². The van der Waals surface area contributed by atoms with Gasteiger partial charge in [0.1, 0.15) is 5.82 Å². The molecular weight excluding hydrogens is 319 g/mol. The number of likely N-dealkylation sites (tertiary alicyclic amines) is 1. The van der Waals surface area contributed by atoms with E-state index in [2.05, 4.69) is 17.3 Å². The third-order valence-electron chi connectivity index (χ3n) is 4.66. The van der Waals surface area contributed by atoms with Crippen LogP contribution in [0.4, 0.5) is 14.9 Å². The molecule has 1 fully saturated rings. The lowest BCUT2D eigenvalue weighted by Gasteiger charge is -2.19. The van der Waals surface area contributed by atoms with Gasteiger partial charge in [-0.1, -0.05) is 30.3 Å². The lowest BCUT2D eigenvalue weighted by molar-refractivity contribution is 0.147. The Balaban J connectivity index is 1.61. The first-order valence-corrected chi connectivity index (χ1v) is 8.62. The van der Waals surface area contributed by atoms with Gasteiger partial charge in [0.05, 0.1) is 12.3 Å². The molecule has 0 saturated carbocycles. The minimum atomic E-state index is -0.510. The molecule has 1 heterocycles. The van der Waals surface area contributed by atoms with Gasteiger partial charge < -0.3 is 9.64 Å². The minimum Gasteiger partial charge on any atom is -0.449 e. The van der Waals surface area contributed by atoms with Crippen molar-refractivity contribution >= 4 is 11.8 Å². The van der Waals surface area contributed by atoms with Crippen LogP contribution in [0.2, 0.25) is 0 Å². The highest BCUT2D eigenvalue weighted by atomic mass is 19.1. The second kappa shape index (κ2) is 8.12. The molecule has 1 amide bonds. The molecule has 25 heavy (non-hydrogen) atoms. The van der Waals surface area contributed by atoms with E-state index in [0.29, 0.717) is 23.9 Å². The molecule has 132 valence electrons. The topological polar surface area (TPSA) is 41.6 Å². The van der Waals surface area contributed by atoms with Crippen LogP contribution >= 0.6 is 0 Å². The molecule has 2 aromatic carbocycles. The Morgan fingerprint density at radius 2 is 2.08 bits per heavy atom. The Morgan fingerprint density at radius 3 is 2.80 bits per heavy atom. The smallest absolute Gasteiger partial charge is 0.411 e. The first-order chi connectivity index (χ1) is 12.1. The minimum absolute atomic E-state index is 0.345. The van der Waals surface area contributed by atoms with Crippen LogP contribution in [0.15, 0.2) is 48.5 Å². The van der Waals surface area contributed by atoms with E-state index in [1.54, 1.807) is 6.07 Å². The van der Waals surface area contributed by atoms with Gasteiger partial charge in [-0.3, -0.25) is 5.32 Å². The summed E-state index contributed by atoms with van der Waals surface area (Å²) in [5.74, 6) is -0.345. The van der Waals surface area contributed by atoms with Crippen molar-refractivity contribution in [2.24, 2.45) is 0 Å². The summed E-state index contributed by atoms with van der Waals surface area (Å²) in [6.07, 6.45) is 2.67. The maximum Gasteiger partial charge on any atom is 0.411 e. The van der Waals surface area contributed by atoms with E-state index in [1.165, 1.54) is 18.6 Å². The number of halogens is 1. The number of nitrogens with zero attached hydrogens (tertiary/aromatic N) is 1. The van der Waals surface area contributed by atoms with E-state index in [9.17, 15) is 9.18 Å². The van der Waals surface area contributed by atoms with E-state index in [0.717, 1.165) is 24.9 Å². The molecule has 1 aliphatic heterocycles. The number of carbonyl (C=O) groups is 1. The van der Waals surface area contributed by atoms with Crippen molar-refractivity contribution in [2.45, 2.75) is 25.3 Å². The summed E-state index contributed by atoms with van der Waals surface area (Å²) in [6.45, 7) is 1.48. The fraction of sp³-hybridized carbons (Fsp3) is 0.350. The number of carbonyl (C=O) groups excluding carboxylic acids is 1. The zero-order valence-electron chi connectivity index (χ0n) is 14.4. The Kier molecular flexibility index (Phi) is 5.66. The van der Waals surface area contributed by atoms with E-state index in [-0.39, 0.29) is 5.82 Å². The molecule has 1 saturated heterocycles. The predicted molar refractivity (Wildman–Crippen MR) is 97.1 cm³/mol. The Labute approximate surface area is 147 Å². The van der Waals surface area contributed by atoms with Gasteiger partial charge in [0.25, 0.3) is 0 Å². The number of hydrogen-bond donors (Lipinski definition) is 1. The average Bonchev–Trinajstić information content (AvgIpc) is 3.02. The first kappa shape index (κ1) is 17.4. The SMILES string of the molecule is CN1CCCC1CCOC(=O)Nc1ccc(F)cc1-c1ccccc1. The van der Waals surface area contributed by atoms with Crippen molar-refractivity contribution in [3.63, 3.8) is 0 Å². The fourth-order valence-corrected chi connectivity index (χ4v) is 3.26. The molecule has 1 unspecified atom stereocenters. The summed E-state index contributed by atoms with van der Waals surface area (Å²) < 4.78 is 18.9. The number of benzene rings is 2. The first-order valence-electron chi connectivity index (χ1n) is 8.62. The molecule has 1 N–H and O–H groups in total. The summed E-state index contributed by atoms with van der Waals surface area (Å²) >= 11 is 0. The Morgan fingerprint density at radius 1 is 1.28 bits per heavy atom. The standard InChI is InChI=1S/C20H23FN2O2/c1-23-12-5-8-17(23)11-13-25-20(24)22-19-10-9-16(21)14-18(19)15-6-3-2-4-7-15/h2-4,6-7,9-10,14,17H,5,8,11-13H2,1H3,(H,22,24). The fourth-order valence-electron chi connectivity index (χ4n) is 3.26. The second-order valence-electron chi connectivity index (χ2n) is 6.38. The van der Waals surface area contributed by atoms with Crippen LogP contribution in [0.1, 0.15) is 19.3 Å². The number of amides is 1. The molecule has 5 heteroatoms. The molecular formula is C20H23FN2O2. The van der Waals surface area contributed by atoms with Crippen molar-refractivity contribution in [1.82, 2.24) is 4.90 Å². The molecule has 0 aliphatic carbocycles. The van der Waals surface area contributed by atoms with Crippen molar-refractivity contribution in [3.8, 4) is 11.1 Å². The van der Waals surface area contributed by atoms with Gasteiger partial charge in [0, 0.05) is 11.6 Å². The molecule has 1 atom stereocenters. The quantitative estimate of drug-likeness (QED) is 0.868. The summed E-state index contributed by atoms with van der Waals surface area (Å²) in [5.41, 5.74) is 2.01. The Hall–Kier alpha value is -2.40. The molecule has 1 aliphatic rings. The third-order valence-corrected chi connectivity index (χ3v) is 4.66.